The molecule has 4 aromatic rings. The third-order valence-corrected chi connectivity index (χ3v) is 7.04. The fourth-order valence-corrected chi connectivity index (χ4v) is 4.50. The van der Waals surface area contributed by atoms with Crippen molar-refractivity contribution in [2.24, 2.45) is 0 Å². The number of hydrogen-bond donors (Lipinski definition) is 2. The minimum Gasteiger partial charge on any atom is -0.472 e. The summed E-state index contributed by atoms with van der Waals surface area (Å²) in [6, 6.07) is 20.0. The molecule has 0 aliphatic heterocycles. The second-order valence-electron chi connectivity index (χ2n) is 8.67. The van der Waals surface area contributed by atoms with Gasteiger partial charge in [0, 0.05) is 0 Å². The number of aliphatic hydroxyl groups excluding tert-OH is 1. The van der Waals surface area contributed by atoms with Crippen molar-refractivity contribution in [2.45, 2.75) is 44.1 Å². The van der Waals surface area contributed by atoms with Gasteiger partial charge in [-0.15, -0.1) is 0 Å². The van der Waals surface area contributed by atoms with E-state index in [0.29, 0.717) is 12.2 Å². The maximum Gasteiger partial charge on any atom is 0.263 e. The smallest absolute Gasteiger partial charge is 0.263 e. The molecule has 1 aromatic heterocycles. The van der Waals surface area contributed by atoms with E-state index in [1.165, 1.54) is 6.33 Å². The zero-order valence-electron chi connectivity index (χ0n) is 20.4. The fourth-order valence-electron chi connectivity index (χ4n) is 3.48. The quantitative estimate of drug-likeness (QED) is 0.292. The molecule has 0 fully saturated rings. The van der Waals surface area contributed by atoms with Crippen LogP contribution in [0.2, 0.25) is 0 Å². The van der Waals surface area contributed by atoms with Crippen molar-refractivity contribution in [2.75, 3.05) is 11.3 Å². The highest BCUT2D eigenvalue weighted by Gasteiger charge is 2.23. The topological polar surface area (TPSA) is 111 Å². The lowest BCUT2D eigenvalue weighted by molar-refractivity contribution is 0.100. The minimum atomic E-state index is -3.98. The number of aliphatic hydroxyl groups is 1. The van der Waals surface area contributed by atoms with Gasteiger partial charge in [0.1, 0.15) is 18.7 Å². The van der Waals surface area contributed by atoms with Gasteiger partial charge < -0.3 is 14.6 Å². The minimum absolute atomic E-state index is 0.00143. The summed E-state index contributed by atoms with van der Waals surface area (Å²) in [6.45, 7) is 5.86. The maximum atomic E-state index is 13.2. The Morgan fingerprint density at radius 3 is 2.39 bits per heavy atom. The van der Waals surface area contributed by atoms with Gasteiger partial charge in [0.05, 0.1) is 11.0 Å². The molecule has 1 atom stereocenters. The Bertz CT molecular complexity index is 1440. The normalized spacial score (nSPS) is 12.5. The zero-order valence-corrected chi connectivity index (χ0v) is 21.2. The molecule has 2 N–H and O–H groups in total. The van der Waals surface area contributed by atoms with Gasteiger partial charge in [0.25, 0.3) is 15.9 Å². The standard InChI is InChI=1S/C27H29N3O5S/c1-4-22(31)16-34-27-25(35-23-12-9-20-7-5-6-8-21(20)15-23)26(28-17-29-27)30-36(32,33)24-13-10-19(11-14-24)18(2)3/h5-15,17-18,22,31H,4,16H2,1-3H3,(H,28,29,30). The first kappa shape index (κ1) is 25.4. The van der Waals surface area contributed by atoms with E-state index >= 15 is 0 Å². The predicted molar refractivity (Wildman–Crippen MR) is 139 cm³/mol. The Morgan fingerprint density at radius 1 is 0.972 bits per heavy atom. The summed E-state index contributed by atoms with van der Waals surface area (Å²) in [6.07, 6.45) is 0.950. The molecule has 1 heterocycles. The summed E-state index contributed by atoms with van der Waals surface area (Å²) >= 11 is 0. The highest BCUT2D eigenvalue weighted by molar-refractivity contribution is 7.92. The van der Waals surface area contributed by atoms with Crippen LogP contribution in [0.4, 0.5) is 5.82 Å². The van der Waals surface area contributed by atoms with E-state index in [2.05, 4.69) is 14.7 Å². The monoisotopic (exact) mass is 507 g/mol. The van der Waals surface area contributed by atoms with Crippen molar-refractivity contribution in [1.29, 1.82) is 0 Å². The number of ether oxygens (including phenoxy) is 2. The molecule has 1 unspecified atom stereocenters. The Balaban J connectivity index is 1.70. The SMILES string of the molecule is CCC(O)COc1ncnc(NS(=O)(=O)c2ccc(C(C)C)cc2)c1Oc1ccc2ccccc2c1. The van der Waals surface area contributed by atoms with Gasteiger partial charge in [-0.1, -0.05) is 63.2 Å². The van der Waals surface area contributed by atoms with Crippen LogP contribution in [-0.4, -0.2) is 36.2 Å². The second kappa shape index (κ2) is 10.9. The van der Waals surface area contributed by atoms with Gasteiger partial charge in [-0.3, -0.25) is 4.72 Å². The number of nitrogens with zero attached hydrogens (tertiary/aromatic N) is 2. The molecule has 0 saturated carbocycles. The van der Waals surface area contributed by atoms with Gasteiger partial charge in [0.15, 0.2) is 5.82 Å². The molecule has 0 amide bonds. The van der Waals surface area contributed by atoms with Crippen LogP contribution < -0.4 is 14.2 Å². The average molecular weight is 508 g/mol. The molecular formula is C27H29N3O5S. The zero-order chi connectivity index (χ0) is 25.7. The first-order chi connectivity index (χ1) is 17.3. The van der Waals surface area contributed by atoms with Crippen molar-refractivity contribution in [3.8, 4) is 17.4 Å². The van der Waals surface area contributed by atoms with Crippen LogP contribution in [0.3, 0.4) is 0 Å². The number of aromatic nitrogens is 2. The van der Waals surface area contributed by atoms with Crippen LogP contribution in [0, 0.1) is 0 Å². The van der Waals surface area contributed by atoms with Crippen LogP contribution >= 0.6 is 0 Å². The molecule has 4 rings (SSSR count). The molecule has 0 aliphatic carbocycles. The van der Waals surface area contributed by atoms with Gasteiger partial charge in [-0.25, -0.2) is 13.4 Å². The van der Waals surface area contributed by atoms with Gasteiger partial charge in [-0.2, -0.15) is 4.98 Å². The Kier molecular flexibility index (Phi) is 7.71. The number of benzene rings is 3. The Hall–Kier alpha value is -3.69. The van der Waals surface area contributed by atoms with Crippen molar-refractivity contribution < 1.29 is 23.0 Å². The van der Waals surface area contributed by atoms with E-state index in [1.807, 2.05) is 57.2 Å². The van der Waals surface area contributed by atoms with Crippen molar-refractivity contribution >= 4 is 26.6 Å². The first-order valence-corrected chi connectivity index (χ1v) is 13.2. The molecule has 9 heteroatoms. The van der Waals surface area contributed by atoms with Crippen molar-refractivity contribution in [1.82, 2.24) is 9.97 Å². The molecule has 188 valence electrons. The molecule has 0 bridgehead atoms. The summed E-state index contributed by atoms with van der Waals surface area (Å²) in [4.78, 5) is 8.36. The number of nitrogens with one attached hydrogen (secondary N) is 1. The summed E-state index contributed by atoms with van der Waals surface area (Å²) in [5.41, 5.74) is 1.03. The lowest BCUT2D eigenvalue weighted by Gasteiger charge is -2.17. The summed E-state index contributed by atoms with van der Waals surface area (Å²) < 4.78 is 40.6. The molecule has 0 spiro atoms. The lowest BCUT2D eigenvalue weighted by atomic mass is 10.0. The summed E-state index contributed by atoms with van der Waals surface area (Å²) in [5.74, 6) is 0.659. The van der Waals surface area contributed by atoms with Crippen molar-refractivity contribution in [3.05, 3.63) is 78.6 Å². The third-order valence-electron chi connectivity index (χ3n) is 5.68. The van der Waals surface area contributed by atoms with Crippen LogP contribution in [0.1, 0.15) is 38.7 Å². The largest absolute Gasteiger partial charge is 0.472 e. The van der Waals surface area contributed by atoms with E-state index in [9.17, 15) is 13.5 Å². The number of hydrogen-bond acceptors (Lipinski definition) is 7. The molecule has 36 heavy (non-hydrogen) atoms. The number of rotatable bonds is 10. The molecule has 0 radical (unpaired) electrons. The Labute approximate surface area is 211 Å². The van der Waals surface area contributed by atoms with Crippen LogP contribution in [0.25, 0.3) is 10.8 Å². The lowest BCUT2D eigenvalue weighted by Crippen LogP contribution is -2.18. The van der Waals surface area contributed by atoms with Crippen LogP contribution in [-0.2, 0) is 10.0 Å². The van der Waals surface area contributed by atoms with Crippen molar-refractivity contribution in [3.63, 3.8) is 0 Å². The first-order valence-electron chi connectivity index (χ1n) is 11.7. The van der Waals surface area contributed by atoms with E-state index in [4.69, 9.17) is 9.47 Å². The molecular weight excluding hydrogens is 478 g/mol. The van der Waals surface area contributed by atoms with Crippen LogP contribution in [0.15, 0.2) is 78.0 Å². The van der Waals surface area contributed by atoms with Gasteiger partial charge >= 0.3 is 0 Å². The van der Waals surface area contributed by atoms with E-state index in [-0.39, 0.29) is 34.9 Å². The molecule has 0 saturated heterocycles. The fraction of sp³-hybridized carbons (Fsp3) is 0.259. The maximum absolute atomic E-state index is 13.2. The average Bonchev–Trinajstić information content (AvgIpc) is 2.88. The molecule has 0 aliphatic rings. The highest BCUT2D eigenvalue weighted by Crippen LogP contribution is 2.37. The van der Waals surface area contributed by atoms with Crippen LogP contribution in [0.5, 0.6) is 17.4 Å². The van der Waals surface area contributed by atoms with Gasteiger partial charge in [0.2, 0.25) is 5.75 Å². The number of fused-ring (bicyclic) bond motifs is 1. The van der Waals surface area contributed by atoms with E-state index < -0.39 is 16.1 Å². The third kappa shape index (κ3) is 5.92. The summed E-state index contributed by atoms with van der Waals surface area (Å²) in [7, 11) is -3.98. The number of sulfonamides is 1. The Morgan fingerprint density at radius 2 is 1.69 bits per heavy atom. The van der Waals surface area contributed by atoms with Gasteiger partial charge in [-0.05, 0) is 52.9 Å². The second-order valence-corrected chi connectivity index (χ2v) is 10.4. The number of anilines is 1. The molecule has 3 aromatic carbocycles. The van der Waals surface area contributed by atoms with E-state index in [0.717, 1.165) is 16.3 Å². The molecule has 8 nitrogen and oxygen atoms in total. The van der Waals surface area contributed by atoms with E-state index in [1.54, 1.807) is 30.3 Å². The highest BCUT2D eigenvalue weighted by atomic mass is 32.2. The summed E-state index contributed by atoms with van der Waals surface area (Å²) in [5, 5.41) is 11.9. The predicted octanol–water partition coefficient (Wildman–Crippen LogP) is 5.50.